The maximum atomic E-state index is 11.6. The Labute approximate surface area is 171 Å². The van der Waals surface area contributed by atoms with Gasteiger partial charge in [-0.25, -0.2) is 14.4 Å². The van der Waals surface area contributed by atoms with Crippen LogP contribution in [-0.4, -0.2) is 55.0 Å². The molecule has 5 amide bonds. The first-order chi connectivity index (χ1) is 13.4. The van der Waals surface area contributed by atoms with Gasteiger partial charge in [-0.1, -0.05) is 12.1 Å². The van der Waals surface area contributed by atoms with Crippen LogP contribution in [0.1, 0.15) is 39.2 Å². The maximum absolute atomic E-state index is 11.6. The zero-order valence-electron chi connectivity index (χ0n) is 17.7. The van der Waals surface area contributed by atoms with E-state index in [1.807, 2.05) is 45.0 Å². The number of hydrogen-bond acceptors (Lipinski definition) is 5. The monoisotopic (exact) mass is 409 g/mol. The van der Waals surface area contributed by atoms with E-state index in [0.717, 1.165) is 24.8 Å². The average molecular weight is 410 g/mol. The van der Waals surface area contributed by atoms with Crippen molar-refractivity contribution in [2.75, 3.05) is 26.7 Å². The standard InChI is InChI=1S/C20H32N4O5/c1-20(2,3)29-19(27)23-12-6-5-7-15-8-10-16(11-9-15)28-14-13-24(4,17(21)25)18(22)26/h8-11H,5-7,12-14H2,1-4H3,(H4-,21,22,23,25,26,27)/p+1. The number of imide groups is 1. The Balaban J connectivity index is 2.31. The number of amides is 5. The van der Waals surface area contributed by atoms with Gasteiger partial charge in [0.1, 0.15) is 24.5 Å². The highest BCUT2D eigenvalue weighted by molar-refractivity contribution is 5.80. The molecular weight excluding hydrogens is 376 g/mol. The Hall–Kier alpha value is -2.81. The first-order valence-corrected chi connectivity index (χ1v) is 9.58. The first-order valence-electron chi connectivity index (χ1n) is 9.58. The van der Waals surface area contributed by atoms with E-state index in [9.17, 15) is 14.4 Å². The third kappa shape index (κ3) is 8.82. The molecule has 0 bridgehead atoms. The molecule has 0 atom stereocenters. The van der Waals surface area contributed by atoms with Gasteiger partial charge in [0.05, 0.1) is 7.05 Å². The lowest BCUT2D eigenvalue weighted by Gasteiger charge is -2.24. The highest BCUT2D eigenvalue weighted by Gasteiger charge is 2.36. The van der Waals surface area contributed by atoms with Crippen LogP contribution in [0.4, 0.5) is 14.4 Å². The molecule has 29 heavy (non-hydrogen) atoms. The number of quaternary nitrogens is 1. The van der Waals surface area contributed by atoms with Crippen molar-refractivity contribution in [3.05, 3.63) is 29.8 Å². The summed E-state index contributed by atoms with van der Waals surface area (Å²) in [6.45, 7) is 6.22. The van der Waals surface area contributed by atoms with Crippen LogP contribution < -0.4 is 21.5 Å². The molecule has 0 aliphatic carbocycles. The minimum Gasteiger partial charge on any atom is -0.488 e. The topological polar surface area (TPSA) is 134 Å². The van der Waals surface area contributed by atoms with Gasteiger partial charge in [0.25, 0.3) is 0 Å². The van der Waals surface area contributed by atoms with Gasteiger partial charge in [0.15, 0.2) is 0 Å². The summed E-state index contributed by atoms with van der Waals surface area (Å²) in [5.74, 6) is 0.626. The number of carbonyl (C=O) groups excluding carboxylic acids is 3. The summed E-state index contributed by atoms with van der Waals surface area (Å²) in [5, 5.41) is 2.74. The van der Waals surface area contributed by atoms with Crippen molar-refractivity contribution in [2.45, 2.75) is 45.6 Å². The SMILES string of the molecule is CC(C)(C)OC(=O)NCCCCc1ccc(OCC[N+](C)(C(N)=O)C(N)=O)cc1. The molecule has 162 valence electrons. The summed E-state index contributed by atoms with van der Waals surface area (Å²) in [4.78, 5) is 34.4. The molecule has 0 aliphatic rings. The predicted molar refractivity (Wildman–Crippen MR) is 109 cm³/mol. The number of nitrogens with zero attached hydrogens (tertiary/aromatic N) is 1. The zero-order chi connectivity index (χ0) is 22.1. The van der Waals surface area contributed by atoms with Gasteiger partial charge in [-0.2, -0.15) is 4.48 Å². The van der Waals surface area contributed by atoms with Crippen LogP contribution >= 0.6 is 0 Å². The van der Waals surface area contributed by atoms with Gasteiger partial charge in [0, 0.05) is 6.54 Å². The van der Waals surface area contributed by atoms with Crippen molar-refractivity contribution in [1.29, 1.82) is 0 Å². The molecule has 0 aromatic heterocycles. The molecule has 0 spiro atoms. The number of nitrogens with one attached hydrogen (secondary N) is 1. The number of rotatable bonds is 9. The summed E-state index contributed by atoms with van der Waals surface area (Å²) >= 11 is 0. The van der Waals surface area contributed by atoms with Crippen molar-refractivity contribution in [1.82, 2.24) is 5.32 Å². The highest BCUT2D eigenvalue weighted by Crippen LogP contribution is 2.14. The Bertz CT molecular complexity index is 684. The van der Waals surface area contributed by atoms with E-state index in [-0.39, 0.29) is 13.2 Å². The smallest absolute Gasteiger partial charge is 0.422 e. The largest absolute Gasteiger partial charge is 0.488 e. The number of urea groups is 2. The Morgan fingerprint density at radius 1 is 1.03 bits per heavy atom. The lowest BCUT2D eigenvalue weighted by atomic mass is 10.1. The lowest BCUT2D eigenvalue weighted by molar-refractivity contribution is -0.744. The van der Waals surface area contributed by atoms with Crippen LogP contribution in [-0.2, 0) is 11.2 Å². The Morgan fingerprint density at radius 3 is 2.14 bits per heavy atom. The van der Waals surface area contributed by atoms with E-state index in [1.165, 1.54) is 7.05 Å². The van der Waals surface area contributed by atoms with Gasteiger partial charge >= 0.3 is 18.2 Å². The fraction of sp³-hybridized carbons (Fsp3) is 0.550. The van der Waals surface area contributed by atoms with Crippen LogP contribution in [0.25, 0.3) is 0 Å². The molecule has 0 unspecified atom stereocenters. The molecular formula is C20H33N4O5+. The molecule has 1 aromatic rings. The number of aryl methyl sites for hydroxylation is 1. The second-order valence-corrected chi connectivity index (χ2v) is 7.97. The molecule has 0 heterocycles. The molecule has 9 nitrogen and oxygen atoms in total. The molecule has 0 fully saturated rings. The van der Waals surface area contributed by atoms with Crippen molar-refractivity contribution in [3.63, 3.8) is 0 Å². The molecule has 1 rings (SSSR count). The Kier molecular flexibility index (Phi) is 8.90. The number of ether oxygens (including phenoxy) is 2. The molecule has 5 N–H and O–H groups in total. The van der Waals surface area contributed by atoms with E-state index in [4.69, 9.17) is 20.9 Å². The number of likely N-dealkylation sites (N-methyl/N-ethyl adjacent to an activating group) is 1. The third-order valence-corrected chi connectivity index (χ3v) is 4.26. The van der Waals surface area contributed by atoms with Crippen molar-refractivity contribution in [2.24, 2.45) is 11.5 Å². The van der Waals surface area contributed by atoms with Crippen molar-refractivity contribution in [3.8, 4) is 5.75 Å². The summed E-state index contributed by atoms with van der Waals surface area (Å²) < 4.78 is 10.0. The van der Waals surface area contributed by atoms with Crippen molar-refractivity contribution < 1.29 is 28.3 Å². The van der Waals surface area contributed by atoms with Crippen LogP contribution in [0, 0.1) is 0 Å². The minimum absolute atomic E-state index is 0.0526. The van der Waals surface area contributed by atoms with Crippen LogP contribution in [0.2, 0.25) is 0 Å². The number of alkyl carbamates (subject to hydrolysis) is 1. The van der Waals surface area contributed by atoms with E-state index >= 15 is 0 Å². The van der Waals surface area contributed by atoms with E-state index in [0.29, 0.717) is 12.3 Å². The molecule has 9 heteroatoms. The average Bonchev–Trinajstić information content (AvgIpc) is 2.60. The van der Waals surface area contributed by atoms with Gasteiger partial charge in [-0.15, -0.1) is 0 Å². The second kappa shape index (κ2) is 10.7. The quantitative estimate of drug-likeness (QED) is 0.426. The fourth-order valence-electron chi connectivity index (χ4n) is 2.39. The fourth-order valence-corrected chi connectivity index (χ4v) is 2.39. The second-order valence-electron chi connectivity index (χ2n) is 7.97. The lowest BCUT2D eigenvalue weighted by Crippen LogP contribution is -2.60. The number of primary amides is 2. The molecule has 0 aliphatic heterocycles. The van der Waals surface area contributed by atoms with Crippen molar-refractivity contribution >= 4 is 18.2 Å². The molecule has 0 radical (unpaired) electrons. The van der Waals surface area contributed by atoms with Crippen LogP contribution in [0.5, 0.6) is 5.75 Å². The maximum Gasteiger partial charge on any atom is 0.422 e. The number of nitrogens with two attached hydrogens (primary N) is 2. The number of benzene rings is 1. The molecule has 1 aromatic carbocycles. The van der Waals surface area contributed by atoms with Crippen LogP contribution in [0.15, 0.2) is 24.3 Å². The van der Waals surface area contributed by atoms with E-state index in [1.54, 1.807) is 0 Å². The van der Waals surface area contributed by atoms with Gasteiger partial charge in [-0.05, 0) is 57.7 Å². The number of carbonyl (C=O) groups is 3. The van der Waals surface area contributed by atoms with Gasteiger partial charge < -0.3 is 26.3 Å². The third-order valence-electron chi connectivity index (χ3n) is 4.26. The normalized spacial score (nSPS) is 11.6. The number of hydrogen-bond donors (Lipinski definition) is 3. The molecule has 0 saturated carbocycles. The first kappa shape index (κ1) is 24.2. The van der Waals surface area contributed by atoms with E-state index in [2.05, 4.69) is 5.32 Å². The summed E-state index contributed by atoms with van der Waals surface area (Å²) in [6.07, 6.45) is 2.23. The summed E-state index contributed by atoms with van der Waals surface area (Å²) in [6, 6.07) is 5.91. The van der Waals surface area contributed by atoms with Gasteiger partial charge in [0.2, 0.25) is 0 Å². The van der Waals surface area contributed by atoms with Crippen LogP contribution in [0.3, 0.4) is 0 Å². The number of unbranched alkanes of at least 4 members (excludes halogenated alkanes) is 1. The predicted octanol–water partition coefficient (Wildman–Crippen LogP) is 2.52. The highest BCUT2D eigenvalue weighted by atomic mass is 16.6. The van der Waals surface area contributed by atoms with Gasteiger partial charge in [-0.3, -0.25) is 0 Å². The summed E-state index contributed by atoms with van der Waals surface area (Å²) in [5.41, 5.74) is 11.1. The minimum atomic E-state index is -0.822. The Morgan fingerprint density at radius 2 is 1.62 bits per heavy atom. The molecule has 0 saturated heterocycles. The zero-order valence-corrected chi connectivity index (χ0v) is 17.7. The van der Waals surface area contributed by atoms with E-state index < -0.39 is 28.2 Å². The summed E-state index contributed by atoms with van der Waals surface area (Å²) in [7, 11) is 1.36.